The molecule has 1 aromatic carbocycles. The molecular weight excluding hydrogens is 318 g/mol. The van der Waals surface area contributed by atoms with Crippen molar-refractivity contribution in [1.82, 2.24) is 25.2 Å². The maximum absolute atomic E-state index is 11.9. The molecule has 0 atom stereocenters. The van der Waals surface area contributed by atoms with E-state index in [4.69, 9.17) is 16.1 Å². The average molecular weight is 332 g/mol. The lowest BCUT2D eigenvalue weighted by atomic mass is 10.2. The second kappa shape index (κ2) is 6.62. The standard InChI is InChI=1S/C15H14ClN5O2/c1-21-12(6-9-18-21)15(22)17-8-7-13-19-14(20-23-13)10-2-4-11(16)5-3-10/h2-6,9H,7-8H2,1H3,(H,17,22). The molecule has 3 aromatic rings. The molecule has 23 heavy (non-hydrogen) atoms. The van der Waals surface area contributed by atoms with E-state index in [1.54, 1.807) is 31.4 Å². The van der Waals surface area contributed by atoms with E-state index in [1.165, 1.54) is 4.68 Å². The van der Waals surface area contributed by atoms with Crippen molar-refractivity contribution in [2.75, 3.05) is 6.54 Å². The number of carbonyl (C=O) groups excluding carboxylic acids is 1. The van der Waals surface area contributed by atoms with Gasteiger partial charge in [-0.25, -0.2) is 0 Å². The second-order valence-electron chi connectivity index (χ2n) is 4.86. The first kappa shape index (κ1) is 15.2. The van der Waals surface area contributed by atoms with Gasteiger partial charge in [-0.1, -0.05) is 16.8 Å². The zero-order valence-electron chi connectivity index (χ0n) is 12.4. The molecule has 0 saturated heterocycles. The minimum Gasteiger partial charge on any atom is -0.350 e. The summed E-state index contributed by atoms with van der Waals surface area (Å²) in [6, 6.07) is 8.82. The summed E-state index contributed by atoms with van der Waals surface area (Å²) in [5.41, 5.74) is 1.32. The molecule has 0 fully saturated rings. The molecule has 118 valence electrons. The predicted molar refractivity (Wildman–Crippen MR) is 84.0 cm³/mol. The lowest BCUT2D eigenvalue weighted by Crippen LogP contribution is -2.27. The summed E-state index contributed by atoms with van der Waals surface area (Å²) in [5, 5.41) is 11.3. The van der Waals surface area contributed by atoms with Gasteiger partial charge in [0.05, 0.1) is 0 Å². The Morgan fingerprint density at radius 2 is 2.09 bits per heavy atom. The molecule has 1 amide bonds. The van der Waals surface area contributed by atoms with Crippen molar-refractivity contribution in [3.8, 4) is 11.4 Å². The van der Waals surface area contributed by atoms with Gasteiger partial charge in [-0.05, 0) is 30.3 Å². The molecule has 0 bridgehead atoms. The third-order valence-corrected chi connectivity index (χ3v) is 3.50. The maximum atomic E-state index is 11.9. The maximum Gasteiger partial charge on any atom is 0.269 e. The minimum absolute atomic E-state index is 0.192. The number of hydrogen-bond acceptors (Lipinski definition) is 5. The van der Waals surface area contributed by atoms with Crippen molar-refractivity contribution in [3.05, 3.63) is 53.1 Å². The number of rotatable bonds is 5. The molecule has 2 heterocycles. The van der Waals surface area contributed by atoms with Crippen LogP contribution in [0, 0.1) is 0 Å². The molecule has 2 aromatic heterocycles. The molecule has 0 aliphatic rings. The number of amides is 1. The highest BCUT2D eigenvalue weighted by atomic mass is 35.5. The molecule has 1 N–H and O–H groups in total. The smallest absolute Gasteiger partial charge is 0.269 e. The Hall–Kier alpha value is -2.67. The summed E-state index contributed by atoms with van der Waals surface area (Å²) < 4.78 is 6.70. The zero-order chi connectivity index (χ0) is 16.2. The number of benzene rings is 1. The Kier molecular flexibility index (Phi) is 4.38. The predicted octanol–water partition coefficient (Wildman–Crippen LogP) is 2.10. The third-order valence-electron chi connectivity index (χ3n) is 3.25. The van der Waals surface area contributed by atoms with E-state index in [1.807, 2.05) is 12.1 Å². The molecule has 0 aliphatic heterocycles. The highest BCUT2D eigenvalue weighted by molar-refractivity contribution is 6.30. The number of hydrogen-bond donors (Lipinski definition) is 1. The van der Waals surface area contributed by atoms with Gasteiger partial charge in [0.25, 0.3) is 5.91 Å². The Balaban J connectivity index is 1.56. The van der Waals surface area contributed by atoms with Gasteiger partial charge in [0.15, 0.2) is 0 Å². The summed E-state index contributed by atoms with van der Waals surface area (Å²) in [7, 11) is 1.71. The van der Waals surface area contributed by atoms with Crippen LogP contribution in [0.5, 0.6) is 0 Å². The van der Waals surface area contributed by atoms with Gasteiger partial charge in [0.1, 0.15) is 5.69 Å². The molecule has 0 radical (unpaired) electrons. The van der Waals surface area contributed by atoms with Crippen LogP contribution in [0.2, 0.25) is 5.02 Å². The van der Waals surface area contributed by atoms with E-state index in [9.17, 15) is 4.79 Å². The molecule has 0 spiro atoms. The fourth-order valence-electron chi connectivity index (χ4n) is 2.04. The van der Waals surface area contributed by atoms with Crippen LogP contribution in [0.25, 0.3) is 11.4 Å². The lowest BCUT2D eigenvalue weighted by molar-refractivity contribution is 0.0944. The van der Waals surface area contributed by atoms with Gasteiger partial charge < -0.3 is 9.84 Å². The van der Waals surface area contributed by atoms with Crippen LogP contribution >= 0.6 is 11.6 Å². The summed E-state index contributed by atoms with van der Waals surface area (Å²) in [4.78, 5) is 16.2. The van der Waals surface area contributed by atoms with Crippen molar-refractivity contribution < 1.29 is 9.32 Å². The Labute approximate surface area is 137 Å². The van der Waals surface area contributed by atoms with Crippen LogP contribution < -0.4 is 5.32 Å². The number of nitrogens with zero attached hydrogens (tertiary/aromatic N) is 4. The summed E-state index contributed by atoms with van der Waals surface area (Å²) in [5.74, 6) is 0.761. The van der Waals surface area contributed by atoms with Crippen molar-refractivity contribution >= 4 is 17.5 Å². The molecular formula is C15H14ClN5O2. The first-order chi connectivity index (χ1) is 11.1. The van der Waals surface area contributed by atoms with Crippen LogP contribution in [0.4, 0.5) is 0 Å². The molecule has 0 saturated carbocycles. The molecule has 8 heteroatoms. The third kappa shape index (κ3) is 3.57. The topological polar surface area (TPSA) is 85.8 Å². The Bertz CT molecular complexity index is 809. The highest BCUT2D eigenvalue weighted by Gasteiger charge is 2.11. The average Bonchev–Trinajstić information content (AvgIpc) is 3.17. The Morgan fingerprint density at radius 1 is 1.30 bits per heavy atom. The number of aromatic nitrogens is 4. The van der Waals surface area contributed by atoms with Crippen LogP contribution in [-0.2, 0) is 13.5 Å². The normalized spacial score (nSPS) is 10.7. The van der Waals surface area contributed by atoms with Crippen molar-refractivity contribution in [3.63, 3.8) is 0 Å². The van der Waals surface area contributed by atoms with Crippen molar-refractivity contribution in [2.45, 2.75) is 6.42 Å². The SMILES string of the molecule is Cn1nccc1C(=O)NCCc1nc(-c2ccc(Cl)cc2)no1. The van der Waals surface area contributed by atoms with Gasteiger partial charge in [0, 0.05) is 36.8 Å². The monoisotopic (exact) mass is 331 g/mol. The van der Waals surface area contributed by atoms with Crippen LogP contribution in [-0.4, -0.2) is 32.4 Å². The molecule has 7 nitrogen and oxygen atoms in total. The Morgan fingerprint density at radius 3 is 2.78 bits per heavy atom. The van der Waals surface area contributed by atoms with Gasteiger partial charge in [0.2, 0.25) is 11.7 Å². The summed E-state index contributed by atoms with van der Waals surface area (Å²) in [6.45, 7) is 0.395. The van der Waals surface area contributed by atoms with Gasteiger partial charge >= 0.3 is 0 Å². The van der Waals surface area contributed by atoms with E-state index >= 15 is 0 Å². The van der Waals surface area contributed by atoms with Gasteiger partial charge in [-0.15, -0.1) is 0 Å². The van der Waals surface area contributed by atoms with E-state index in [0.29, 0.717) is 35.4 Å². The second-order valence-corrected chi connectivity index (χ2v) is 5.30. The quantitative estimate of drug-likeness (QED) is 0.773. The van der Waals surface area contributed by atoms with E-state index in [0.717, 1.165) is 5.56 Å². The van der Waals surface area contributed by atoms with E-state index < -0.39 is 0 Å². The first-order valence-corrected chi connectivity index (χ1v) is 7.36. The van der Waals surface area contributed by atoms with Crippen LogP contribution in [0.1, 0.15) is 16.4 Å². The van der Waals surface area contributed by atoms with E-state index in [-0.39, 0.29) is 5.91 Å². The summed E-state index contributed by atoms with van der Waals surface area (Å²) >= 11 is 5.85. The summed E-state index contributed by atoms with van der Waals surface area (Å²) in [6.07, 6.45) is 2.02. The van der Waals surface area contributed by atoms with Crippen LogP contribution in [0.15, 0.2) is 41.1 Å². The zero-order valence-corrected chi connectivity index (χ0v) is 13.1. The van der Waals surface area contributed by atoms with Gasteiger partial charge in [-0.3, -0.25) is 9.48 Å². The lowest BCUT2D eigenvalue weighted by Gasteiger charge is -2.03. The van der Waals surface area contributed by atoms with Crippen molar-refractivity contribution in [2.24, 2.45) is 7.05 Å². The molecule has 0 aliphatic carbocycles. The fraction of sp³-hybridized carbons (Fsp3) is 0.200. The number of aryl methyl sites for hydroxylation is 1. The van der Waals surface area contributed by atoms with E-state index in [2.05, 4.69) is 20.6 Å². The largest absolute Gasteiger partial charge is 0.350 e. The van der Waals surface area contributed by atoms with Crippen LogP contribution in [0.3, 0.4) is 0 Å². The highest BCUT2D eigenvalue weighted by Crippen LogP contribution is 2.18. The fourth-order valence-corrected chi connectivity index (χ4v) is 2.17. The molecule has 0 unspecified atom stereocenters. The number of carbonyl (C=O) groups is 1. The number of halogens is 1. The first-order valence-electron chi connectivity index (χ1n) is 6.98. The van der Waals surface area contributed by atoms with Gasteiger partial charge in [-0.2, -0.15) is 10.1 Å². The molecule has 3 rings (SSSR count). The van der Waals surface area contributed by atoms with Crippen molar-refractivity contribution in [1.29, 1.82) is 0 Å². The minimum atomic E-state index is -0.192. The number of nitrogens with one attached hydrogen (secondary N) is 1.